The van der Waals surface area contributed by atoms with Gasteiger partial charge in [-0.05, 0) is 55.8 Å². The summed E-state index contributed by atoms with van der Waals surface area (Å²) in [5.41, 5.74) is 1.98. The van der Waals surface area contributed by atoms with Crippen LogP contribution in [-0.4, -0.2) is 23.3 Å². The maximum absolute atomic E-state index is 13.0. The molecule has 0 bridgehead atoms. The molecule has 1 N–H and O–H groups in total. The Balaban J connectivity index is 1.50. The van der Waals surface area contributed by atoms with Crippen LogP contribution in [0.25, 0.3) is 0 Å². The Morgan fingerprint density at radius 2 is 2.11 bits per heavy atom. The predicted molar refractivity (Wildman–Crippen MR) is 105 cm³/mol. The smallest absolute Gasteiger partial charge is 0.260 e. The molecular weight excluding hydrogens is 362 g/mol. The number of hydrogen-bond donors (Lipinski definition) is 1. The van der Waals surface area contributed by atoms with E-state index in [0.717, 1.165) is 24.9 Å². The molecule has 0 aliphatic carbocycles. The summed E-state index contributed by atoms with van der Waals surface area (Å²) in [4.78, 5) is 32.5. The van der Waals surface area contributed by atoms with Crippen molar-refractivity contribution in [3.05, 3.63) is 63.9 Å². The molecule has 0 spiro atoms. The van der Waals surface area contributed by atoms with E-state index in [9.17, 15) is 9.59 Å². The minimum absolute atomic E-state index is 0.0624. The molecule has 0 radical (unpaired) electrons. The van der Waals surface area contributed by atoms with E-state index < -0.39 is 0 Å². The van der Waals surface area contributed by atoms with E-state index >= 15 is 0 Å². The molecule has 0 saturated heterocycles. The number of pyridine rings is 1. The van der Waals surface area contributed by atoms with Gasteiger partial charge in [-0.2, -0.15) is 0 Å². The first-order chi connectivity index (χ1) is 13.1. The standard InChI is InChI=1S/C20H19N3O3S/c1-13-15(7-10-26-13)19(24)22-18-6-5-14(12-21-18)20(25)23-9-3-2-4-17-16(23)8-11-27-17/h5-8,10-12H,2-4,9H2,1H3,(H,21,22,24). The Labute approximate surface area is 160 Å². The number of nitrogens with zero attached hydrogens (tertiary/aromatic N) is 2. The Hall–Kier alpha value is -2.93. The monoisotopic (exact) mass is 381 g/mol. The third-order valence-corrected chi connectivity index (χ3v) is 5.62. The summed E-state index contributed by atoms with van der Waals surface area (Å²) in [7, 11) is 0. The summed E-state index contributed by atoms with van der Waals surface area (Å²) in [6, 6.07) is 6.97. The number of hydrogen-bond acceptors (Lipinski definition) is 5. The quantitative estimate of drug-likeness (QED) is 0.735. The fourth-order valence-electron chi connectivity index (χ4n) is 3.20. The van der Waals surface area contributed by atoms with Gasteiger partial charge in [0.2, 0.25) is 0 Å². The molecule has 1 aliphatic heterocycles. The predicted octanol–water partition coefficient (Wildman–Crippen LogP) is 4.28. The number of carbonyl (C=O) groups excluding carboxylic acids is 2. The van der Waals surface area contributed by atoms with Gasteiger partial charge in [0.15, 0.2) is 0 Å². The third-order valence-electron chi connectivity index (χ3n) is 4.65. The second-order valence-electron chi connectivity index (χ2n) is 6.42. The highest BCUT2D eigenvalue weighted by Gasteiger charge is 2.23. The molecule has 3 aromatic heterocycles. The number of anilines is 2. The second kappa shape index (κ2) is 7.36. The molecule has 1 aliphatic rings. The Morgan fingerprint density at radius 1 is 1.22 bits per heavy atom. The van der Waals surface area contributed by atoms with E-state index in [1.165, 1.54) is 17.3 Å². The summed E-state index contributed by atoms with van der Waals surface area (Å²) in [6.07, 6.45) is 6.08. The molecule has 0 aromatic carbocycles. The van der Waals surface area contributed by atoms with Crippen molar-refractivity contribution in [2.45, 2.75) is 26.2 Å². The number of fused-ring (bicyclic) bond motifs is 1. The molecular formula is C20H19N3O3S. The van der Waals surface area contributed by atoms with Gasteiger partial charge in [-0.25, -0.2) is 4.98 Å². The van der Waals surface area contributed by atoms with Crippen LogP contribution in [0.2, 0.25) is 0 Å². The summed E-state index contributed by atoms with van der Waals surface area (Å²) < 4.78 is 5.14. The number of rotatable bonds is 3. The fourth-order valence-corrected chi connectivity index (χ4v) is 4.13. The molecule has 0 fully saturated rings. The van der Waals surface area contributed by atoms with Crippen LogP contribution in [0.3, 0.4) is 0 Å². The highest BCUT2D eigenvalue weighted by molar-refractivity contribution is 7.10. The van der Waals surface area contributed by atoms with Crippen molar-refractivity contribution in [3.63, 3.8) is 0 Å². The maximum atomic E-state index is 13.0. The van der Waals surface area contributed by atoms with Crippen LogP contribution in [0.15, 0.2) is 46.5 Å². The average Bonchev–Trinajstić information content (AvgIpc) is 3.26. The average molecular weight is 381 g/mol. The number of aryl methyl sites for hydroxylation is 2. The van der Waals surface area contributed by atoms with Crippen molar-refractivity contribution in [1.82, 2.24) is 4.98 Å². The largest absolute Gasteiger partial charge is 0.469 e. The van der Waals surface area contributed by atoms with Gasteiger partial charge in [0.25, 0.3) is 11.8 Å². The Bertz CT molecular complexity index is 975. The van der Waals surface area contributed by atoms with Crippen molar-refractivity contribution in [2.24, 2.45) is 0 Å². The van der Waals surface area contributed by atoms with Crippen LogP contribution in [0, 0.1) is 6.92 Å². The van der Waals surface area contributed by atoms with Gasteiger partial charge < -0.3 is 14.6 Å². The van der Waals surface area contributed by atoms with Crippen molar-refractivity contribution in [1.29, 1.82) is 0 Å². The number of furan rings is 1. The SMILES string of the molecule is Cc1occc1C(=O)Nc1ccc(C(=O)N2CCCCc3sccc32)cn1. The molecule has 4 rings (SSSR count). The van der Waals surface area contributed by atoms with Gasteiger partial charge in [-0.1, -0.05) is 0 Å². The highest BCUT2D eigenvalue weighted by atomic mass is 32.1. The molecule has 0 unspecified atom stereocenters. The van der Waals surface area contributed by atoms with Crippen molar-refractivity contribution in [3.8, 4) is 0 Å². The lowest BCUT2D eigenvalue weighted by Gasteiger charge is -2.21. The first kappa shape index (κ1) is 17.5. The maximum Gasteiger partial charge on any atom is 0.260 e. The molecule has 0 atom stereocenters. The van der Waals surface area contributed by atoms with Crippen molar-refractivity contribution >= 4 is 34.7 Å². The van der Waals surface area contributed by atoms with Gasteiger partial charge in [0, 0.05) is 17.6 Å². The number of thiophene rings is 1. The summed E-state index contributed by atoms with van der Waals surface area (Å²) in [6.45, 7) is 2.44. The van der Waals surface area contributed by atoms with E-state index in [4.69, 9.17) is 4.42 Å². The summed E-state index contributed by atoms with van der Waals surface area (Å²) in [5.74, 6) is 0.590. The first-order valence-corrected chi connectivity index (χ1v) is 9.71. The van der Waals surface area contributed by atoms with Gasteiger partial charge in [0.05, 0.1) is 23.1 Å². The van der Waals surface area contributed by atoms with E-state index in [-0.39, 0.29) is 11.8 Å². The molecule has 7 heteroatoms. The van der Waals surface area contributed by atoms with E-state index in [1.807, 2.05) is 16.3 Å². The van der Waals surface area contributed by atoms with E-state index in [0.29, 0.717) is 29.2 Å². The lowest BCUT2D eigenvalue weighted by molar-refractivity contribution is 0.0985. The topological polar surface area (TPSA) is 75.4 Å². The van der Waals surface area contributed by atoms with Gasteiger partial charge in [-0.3, -0.25) is 9.59 Å². The fraction of sp³-hybridized carbons (Fsp3) is 0.250. The zero-order valence-corrected chi connectivity index (χ0v) is 15.7. The van der Waals surface area contributed by atoms with Crippen LogP contribution in [0.1, 0.15) is 44.2 Å². The van der Waals surface area contributed by atoms with Gasteiger partial charge in [-0.15, -0.1) is 11.3 Å². The van der Waals surface area contributed by atoms with Gasteiger partial charge >= 0.3 is 0 Å². The van der Waals surface area contributed by atoms with Gasteiger partial charge in [0.1, 0.15) is 11.6 Å². The first-order valence-electron chi connectivity index (χ1n) is 8.83. The van der Waals surface area contributed by atoms with Crippen LogP contribution in [0.5, 0.6) is 0 Å². The summed E-state index contributed by atoms with van der Waals surface area (Å²) >= 11 is 1.70. The molecule has 4 heterocycles. The number of aromatic nitrogens is 1. The molecule has 27 heavy (non-hydrogen) atoms. The normalized spacial score (nSPS) is 13.7. The molecule has 3 aromatic rings. The van der Waals surface area contributed by atoms with Crippen LogP contribution < -0.4 is 10.2 Å². The van der Waals surface area contributed by atoms with Crippen molar-refractivity contribution < 1.29 is 14.0 Å². The molecule has 2 amide bonds. The van der Waals surface area contributed by atoms with E-state index in [2.05, 4.69) is 10.3 Å². The zero-order valence-electron chi connectivity index (χ0n) is 14.9. The zero-order chi connectivity index (χ0) is 18.8. The minimum atomic E-state index is -0.289. The molecule has 0 saturated carbocycles. The lowest BCUT2D eigenvalue weighted by atomic mass is 10.2. The Morgan fingerprint density at radius 3 is 2.85 bits per heavy atom. The van der Waals surface area contributed by atoms with E-state index in [1.54, 1.807) is 36.5 Å². The lowest BCUT2D eigenvalue weighted by Crippen LogP contribution is -2.31. The van der Waals surface area contributed by atoms with Crippen molar-refractivity contribution in [2.75, 3.05) is 16.8 Å². The number of carbonyl (C=O) groups is 2. The molecule has 6 nitrogen and oxygen atoms in total. The number of amides is 2. The minimum Gasteiger partial charge on any atom is -0.469 e. The second-order valence-corrected chi connectivity index (χ2v) is 7.42. The summed E-state index contributed by atoms with van der Waals surface area (Å²) in [5, 5.41) is 4.75. The Kier molecular flexibility index (Phi) is 4.77. The highest BCUT2D eigenvalue weighted by Crippen LogP contribution is 2.32. The van der Waals surface area contributed by atoms with Crippen LogP contribution in [-0.2, 0) is 6.42 Å². The number of nitrogens with one attached hydrogen (secondary N) is 1. The molecule has 138 valence electrons. The van der Waals surface area contributed by atoms with Crippen LogP contribution >= 0.6 is 11.3 Å². The third kappa shape index (κ3) is 3.50. The van der Waals surface area contributed by atoms with Crippen LogP contribution in [0.4, 0.5) is 11.5 Å².